The van der Waals surface area contributed by atoms with Crippen molar-refractivity contribution < 1.29 is 4.79 Å². The first-order chi connectivity index (χ1) is 12.8. The van der Waals surface area contributed by atoms with Crippen LogP contribution in [0.5, 0.6) is 0 Å². The normalized spacial score (nSPS) is 11.1. The van der Waals surface area contributed by atoms with E-state index in [-0.39, 0.29) is 11.2 Å². The molecule has 2 aromatic carbocycles. The van der Waals surface area contributed by atoms with Crippen molar-refractivity contribution in [1.82, 2.24) is 15.2 Å². The van der Waals surface area contributed by atoms with Crippen LogP contribution in [0, 0.1) is 0 Å². The van der Waals surface area contributed by atoms with Crippen molar-refractivity contribution in [2.24, 2.45) is 0 Å². The summed E-state index contributed by atoms with van der Waals surface area (Å²) in [4.78, 5) is 15.9. The molecular formula is C21H23N5O. The highest BCUT2D eigenvalue weighted by molar-refractivity contribution is 5.95. The summed E-state index contributed by atoms with van der Waals surface area (Å²) >= 11 is 0. The smallest absolute Gasteiger partial charge is 0.249 e. The van der Waals surface area contributed by atoms with Crippen molar-refractivity contribution in [3.05, 3.63) is 65.9 Å². The maximum Gasteiger partial charge on any atom is 0.249 e. The summed E-state index contributed by atoms with van der Waals surface area (Å²) in [5.41, 5.74) is 3.66. The topological polar surface area (TPSA) is 79.8 Å². The molecule has 0 bridgehead atoms. The first kappa shape index (κ1) is 18.5. The number of nitrogens with one attached hydrogen (secondary N) is 2. The van der Waals surface area contributed by atoms with Gasteiger partial charge < -0.3 is 10.6 Å². The molecule has 0 atom stereocenters. The molecule has 6 heteroatoms. The van der Waals surface area contributed by atoms with Crippen LogP contribution in [0.15, 0.2) is 54.7 Å². The Morgan fingerprint density at radius 1 is 0.963 bits per heavy atom. The minimum atomic E-state index is 0.00631. The van der Waals surface area contributed by atoms with Crippen LogP contribution in [0.2, 0.25) is 0 Å². The van der Waals surface area contributed by atoms with Gasteiger partial charge in [0, 0.05) is 16.9 Å². The number of hydrogen-bond acceptors (Lipinski definition) is 6. The van der Waals surface area contributed by atoms with Gasteiger partial charge in [0.1, 0.15) is 0 Å². The second-order valence-electron chi connectivity index (χ2n) is 7.38. The summed E-state index contributed by atoms with van der Waals surface area (Å²) < 4.78 is 0. The zero-order valence-electron chi connectivity index (χ0n) is 15.9. The van der Waals surface area contributed by atoms with E-state index in [1.165, 1.54) is 12.5 Å². The molecule has 1 aromatic heterocycles. The molecule has 0 radical (unpaired) electrons. The summed E-state index contributed by atoms with van der Waals surface area (Å²) in [6.07, 6.45) is 1.56. The van der Waals surface area contributed by atoms with E-state index >= 15 is 0 Å². The maximum atomic E-state index is 11.5. The van der Waals surface area contributed by atoms with Gasteiger partial charge in [0.15, 0.2) is 11.6 Å². The number of nitrogens with zero attached hydrogens (tertiary/aromatic N) is 3. The third-order valence-corrected chi connectivity index (χ3v) is 4.11. The predicted molar refractivity (Wildman–Crippen MR) is 108 cm³/mol. The molecular weight excluding hydrogens is 338 g/mol. The summed E-state index contributed by atoms with van der Waals surface area (Å²) in [6.45, 7) is 8.08. The van der Waals surface area contributed by atoms with Crippen molar-refractivity contribution in [1.29, 1.82) is 0 Å². The van der Waals surface area contributed by atoms with Crippen LogP contribution in [0.4, 0.5) is 23.1 Å². The molecule has 138 valence electrons. The lowest BCUT2D eigenvalue weighted by Crippen LogP contribution is -2.10. The monoisotopic (exact) mass is 361 g/mol. The Kier molecular flexibility index (Phi) is 5.16. The molecule has 0 unspecified atom stereocenters. The quantitative estimate of drug-likeness (QED) is 0.632. The average molecular weight is 361 g/mol. The number of benzene rings is 2. The Hall–Kier alpha value is -3.28. The van der Waals surface area contributed by atoms with Crippen molar-refractivity contribution in [3.63, 3.8) is 0 Å². The lowest BCUT2D eigenvalue weighted by molar-refractivity contribution is 0.101. The number of carbonyl (C=O) groups excluding carboxylic acids is 1. The van der Waals surface area contributed by atoms with Gasteiger partial charge in [-0.2, -0.15) is 10.1 Å². The number of carbonyl (C=O) groups is 1. The van der Waals surface area contributed by atoms with E-state index in [1.54, 1.807) is 18.3 Å². The fourth-order valence-electron chi connectivity index (χ4n) is 2.56. The number of hydrogen-bond donors (Lipinski definition) is 2. The van der Waals surface area contributed by atoms with Crippen LogP contribution in [-0.4, -0.2) is 21.0 Å². The third kappa shape index (κ3) is 4.88. The molecule has 0 spiro atoms. The van der Waals surface area contributed by atoms with Crippen molar-refractivity contribution >= 4 is 28.9 Å². The van der Waals surface area contributed by atoms with E-state index in [0.29, 0.717) is 17.3 Å². The fraction of sp³-hybridized carbons (Fsp3) is 0.238. The molecule has 0 aliphatic rings. The summed E-state index contributed by atoms with van der Waals surface area (Å²) in [7, 11) is 0. The third-order valence-electron chi connectivity index (χ3n) is 4.11. The number of aromatic nitrogens is 3. The minimum absolute atomic E-state index is 0.00631. The van der Waals surface area contributed by atoms with Gasteiger partial charge in [0.05, 0.1) is 6.20 Å². The predicted octanol–water partition coefficient (Wildman–Crippen LogP) is 4.86. The molecule has 27 heavy (non-hydrogen) atoms. The second kappa shape index (κ2) is 7.53. The van der Waals surface area contributed by atoms with Gasteiger partial charge >= 0.3 is 0 Å². The van der Waals surface area contributed by atoms with E-state index in [2.05, 4.69) is 58.7 Å². The zero-order valence-corrected chi connectivity index (χ0v) is 15.9. The van der Waals surface area contributed by atoms with Crippen LogP contribution >= 0.6 is 0 Å². The Labute approximate surface area is 159 Å². The highest BCUT2D eigenvalue weighted by Gasteiger charge is 2.13. The minimum Gasteiger partial charge on any atom is -0.339 e. The SMILES string of the molecule is CC(=O)c1cccc(Nc2nncc(Nc3ccc(C(C)(C)C)cc3)n2)c1. The highest BCUT2D eigenvalue weighted by Crippen LogP contribution is 2.24. The summed E-state index contributed by atoms with van der Waals surface area (Å²) in [5.74, 6) is 0.942. The Morgan fingerprint density at radius 3 is 2.37 bits per heavy atom. The molecule has 0 saturated heterocycles. The molecule has 2 N–H and O–H groups in total. The number of Topliss-reactive ketones (excluding diaryl/α,β-unsaturated/α-hetero) is 1. The first-order valence-electron chi connectivity index (χ1n) is 8.76. The van der Waals surface area contributed by atoms with Crippen molar-refractivity contribution in [2.75, 3.05) is 10.6 Å². The lowest BCUT2D eigenvalue weighted by atomic mass is 9.87. The van der Waals surface area contributed by atoms with Gasteiger partial charge in [0.25, 0.3) is 0 Å². The van der Waals surface area contributed by atoms with E-state index < -0.39 is 0 Å². The zero-order chi connectivity index (χ0) is 19.4. The van der Waals surface area contributed by atoms with Crippen LogP contribution in [0.3, 0.4) is 0 Å². The molecule has 0 fully saturated rings. The van der Waals surface area contributed by atoms with E-state index in [4.69, 9.17) is 0 Å². The highest BCUT2D eigenvalue weighted by atomic mass is 16.1. The van der Waals surface area contributed by atoms with E-state index in [1.807, 2.05) is 24.3 Å². The van der Waals surface area contributed by atoms with Crippen LogP contribution in [0.1, 0.15) is 43.6 Å². The van der Waals surface area contributed by atoms with Crippen LogP contribution in [0.25, 0.3) is 0 Å². The largest absolute Gasteiger partial charge is 0.339 e. The summed E-state index contributed by atoms with van der Waals surface area (Å²) in [6, 6.07) is 15.4. The van der Waals surface area contributed by atoms with Crippen molar-refractivity contribution in [2.45, 2.75) is 33.1 Å². The van der Waals surface area contributed by atoms with Gasteiger partial charge in [-0.15, -0.1) is 5.10 Å². The van der Waals surface area contributed by atoms with Gasteiger partial charge in [-0.25, -0.2) is 0 Å². The average Bonchev–Trinajstić information content (AvgIpc) is 2.62. The molecule has 3 rings (SSSR count). The standard InChI is InChI=1S/C21H23N5O/c1-14(27)15-6-5-7-18(12-15)24-20-25-19(13-22-26-20)23-17-10-8-16(9-11-17)21(2,3)4/h5-13H,1-4H3,(H2,23,24,25,26). The molecule has 0 aliphatic heterocycles. The Balaban J connectivity index is 1.74. The lowest BCUT2D eigenvalue weighted by Gasteiger charge is -2.19. The van der Waals surface area contributed by atoms with Gasteiger partial charge in [-0.1, -0.05) is 45.0 Å². The Morgan fingerprint density at radius 2 is 1.70 bits per heavy atom. The van der Waals surface area contributed by atoms with E-state index in [9.17, 15) is 4.79 Å². The number of ketones is 1. The molecule has 3 aromatic rings. The van der Waals surface area contributed by atoms with Crippen LogP contribution < -0.4 is 10.6 Å². The van der Waals surface area contributed by atoms with E-state index in [0.717, 1.165) is 11.4 Å². The number of rotatable bonds is 5. The Bertz CT molecular complexity index is 945. The van der Waals surface area contributed by atoms with Gasteiger partial charge in [-0.3, -0.25) is 4.79 Å². The molecule has 0 aliphatic carbocycles. The maximum absolute atomic E-state index is 11.5. The molecule has 6 nitrogen and oxygen atoms in total. The first-order valence-corrected chi connectivity index (χ1v) is 8.76. The van der Waals surface area contributed by atoms with Crippen LogP contribution in [-0.2, 0) is 5.41 Å². The fourth-order valence-corrected chi connectivity index (χ4v) is 2.56. The molecule has 0 saturated carbocycles. The summed E-state index contributed by atoms with van der Waals surface area (Å²) in [5, 5.41) is 14.3. The molecule has 1 heterocycles. The second-order valence-corrected chi connectivity index (χ2v) is 7.38. The van der Waals surface area contributed by atoms with Crippen molar-refractivity contribution in [3.8, 4) is 0 Å². The molecule has 0 amide bonds. The van der Waals surface area contributed by atoms with Gasteiger partial charge in [-0.05, 0) is 42.2 Å². The number of anilines is 4. The van der Waals surface area contributed by atoms with Gasteiger partial charge in [0.2, 0.25) is 5.95 Å².